The lowest BCUT2D eigenvalue weighted by atomic mass is 9.70. The van der Waals surface area contributed by atoms with Gasteiger partial charge in [-0.1, -0.05) is 109 Å². The van der Waals surface area contributed by atoms with E-state index in [-0.39, 0.29) is 0 Å². The molecular weight excluding hydrogens is 1080 g/mol. The zero-order valence-electron chi connectivity index (χ0n) is 49.3. The molecule has 0 aliphatic heterocycles. The maximum Gasteiger partial charge on any atom is 0.0727 e. The van der Waals surface area contributed by atoms with E-state index in [1.165, 1.54) is 150 Å². The van der Waals surface area contributed by atoms with Crippen molar-refractivity contribution in [1.29, 1.82) is 0 Å². The van der Waals surface area contributed by atoms with Crippen LogP contribution in [0.4, 0.5) is 34.1 Å². The number of rotatable bonds is 10. The predicted molar refractivity (Wildman–Crippen MR) is 362 cm³/mol. The molecule has 0 fully saturated rings. The van der Waals surface area contributed by atoms with E-state index in [2.05, 4.69) is 275 Å². The Kier molecular flexibility index (Phi) is 12.9. The molecule has 1 spiro atoms. The summed E-state index contributed by atoms with van der Waals surface area (Å²) in [5.41, 5.74) is 32.5. The van der Waals surface area contributed by atoms with Crippen LogP contribution in [0.2, 0.25) is 0 Å². The van der Waals surface area contributed by atoms with Crippen LogP contribution in [-0.4, -0.2) is 0 Å². The number of thiophene rings is 4. The van der Waals surface area contributed by atoms with Crippen molar-refractivity contribution in [3.8, 4) is 64.0 Å². The van der Waals surface area contributed by atoms with E-state index in [1.807, 2.05) is 45.3 Å². The van der Waals surface area contributed by atoms with E-state index < -0.39 is 5.41 Å². The summed E-state index contributed by atoms with van der Waals surface area (Å²) in [5, 5.41) is 0. The van der Waals surface area contributed by atoms with Gasteiger partial charge in [0, 0.05) is 73.1 Å². The molecule has 0 saturated carbocycles. The lowest BCUT2D eigenvalue weighted by molar-refractivity contribution is 0.793. The van der Waals surface area contributed by atoms with Crippen molar-refractivity contribution in [3.63, 3.8) is 0 Å². The summed E-state index contributed by atoms with van der Waals surface area (Å²) in [5.74, 6) is 0. The van der Waals surface area contributed by atoms with Crippen LogP contribution in [0.1, 0.15) is 86.3 Å². The van der Waals surface area contributed by atoms with E-state index in [1.54, 1.807) is 0 Å². The second-order valence-corrected chi connectivity index (χ2v) is 28.0. The van der Waals surface area contributed by atoms with Crippen molar-refractivity contribution in [1.82, 2.24) is 0 Å². The Labute approximate surface area is 506 Å². The molecule has 0 atom stereocenters. The SMILES string of the molecule is Cc1sc(-c2ccc(N(c3ccc(-c4sc(C)c(C)c4C)cc3)c3ccc4c(c3)C3(c5ccccc5-4)c4ccccc4-c4ccc(N(c5ccc(-c6sc(C)c(C)c6C)cc5)c5ccc(-c6sc(C)c(C)c6C)cc5)cc43)cc2)c(C)c1C. The number of aryl methyl sites for hydroxylation is 4. The summed E-state index contributed by atoms with van der Waals surface area (Å²) >= 11 is 7.59. The number of fused-ring (bicyclic) bond motifs is 10. The number of hydrogen-bond acceptors (Lipinski definition) is 6. The van der Waals surface area contributed by atoms with E-state index in [0.717, 1.165) is 34.1 Å². The first-order chi connectivity index (χ1) is 40.1. The van der Waals surface area contributed by atoms with Gasteiger partial charge in [-0.25, -0.2) is 0 Å². The number of anilines is 6. The van der Waals surface area contributed by atoms with Crippen molar-refractivity contribution in [2.45, 2.75) is 88.5 Å². The maximum absolute atomic E-state index is 2.53. The predicted octanol–water partition coefficient (Wildman–Crippen LogP) is 23.6. The molecular formula is C77H66N2S4. The molecule has 0 bridgehead atoms. The average Bonchev–Trinajstić information content (AvgIpc) is 1.70. The second kappa shape index (κ2) is 20.2. The first-order valence-electron chi connectivity index (χ1n) is 28.9. The van der Waals surface area contributed by atoms with E-state index >= 15 is 0 Å². The summed E-state index contributed by atoms with van der Waals surface area (Å²) < 4.78 is 0. The topological polar surface area (TPSA) is 6.48 Å². The highest BCUT2D eigenvalue weighted by molar-refractivity contribution is 7.16. The molecule has 14 rings (SSSR count). The van der Waals surface area contributed by atoms with Crippen LogP contribution in [0.25, 0.3) is 64.0 Å². The van der Waals surface area contributed by atoms with Crippen LogP contribution in [0.15, 0.2) is 182 Å². The van der Waals surface area contributed by atoms with Crippen LogP contribution in [0.5, 0.6) is 0 Å². The Balaban J connectivity index is 0.955. The van der Waals surface area contributed by atoms with Crippen molar-refractivity contribution in [2.24, 2.45) is 0 Å². The van der Waals surface area contributed by atoms with Crippen molar-refractivity contribution in [2.75, 3.05) is 9.80 Å². The molecule has 8 aromatic carbocycles. The number of benzene rings is 8. The fraction of sp³-hybridized carbons (Fsp3) is 0.169. The standard InChI is InChI=1S/C77H66N2S4/c1-43-47(5)73(80-51(43)9)55-21-29-59(30-22-55)78(60-31-23-56(24-32-60)74-48(6)44(2)52(10)81-74)63-37-39-67-65-17-13-15-19-69(65)77(71(67)41-63)70-20-16-14-18-66(70)68-40-38-64(42-72(68)77)79(61-33-25-57(26-34-61)75-49(7)45(3)53(11)82-75)62-35-27-58(28-36-62)76-50(8)46(4)54(12)83-76/h13-42H,1-12H3. The molecule has 6 heteroatoms. The fourth-order valence-electron chi connectivity index (χ4n) is 13.4. The average molecular weight is 1150 g/mol. The molecule has 4 aromatic heterocycles. The minimum Gasteiger partial charge on any atom is -0.310 e. The van der Waals surface area contributed by atoms with E-state index in [0.29, 0.717) is 0 Å². The Morgan fingerprint density at radius 3 is 0.735 bits per heavy atom. The van der Waals surface area contributed by atoms with Crippen LogP contribution < -0.4 is 9.80 Å². The summed E-state index contributed by atoms with van der Waals surface area (Å²) in [6.07, 6.45) is 0. The second-order valence-electron chi connectivity index (χ2n) is 23.1. The Morgan fingerprint density at radius 1 is 0.241 bits per heavy atom. The molecule has 2 aliphatic carbocycles. The molecule has 2 nitrogen and oxygen atoms in total. The van der Waals surface area contributed by atoms with Crippen molar-refractivity contribution < 1.29 is 0 Å². The highest BCUT2D eigenvalue weighted by Crippen LogP contribution is 2.64. The lowest BCUT2D eigenvalue weighted by Crippen LogP contribution is -2.26. The van der Waals surface area contributed by atoms with Crippen molar-refractivity contribution in [3.05, 3.63) is 268 Å². The van der Waals surface area contributed by atoms with Gasteiger partial charge in [-0.2, -0.15) is 0 Å². The highest BCUT2D eigenvalue weighted by Gasteiger charge is 2.52. The lowest BCUT2D eigenvalue weighted by Gasteiger charge is -2.33. The van der Waals surface area contributed by atoms with Crippen LogP contribution in [-0.2, 0) is 5.41 Å². The van der Waals surface area contributed by atoms with Gasteiger partial charge in [-0.15, -0.1) is 45.3 Å². The third-order valence-corrected chi connectivity index (χ3v) is 24.3. The van der Waals surface area contributed by atoms with E-state index in [4.69, 9.17) is 0 Å². The monoisotopic (exact) mass is 1150 g/mol. The van der Waals surface area contributed by atoms with Crippen LogP contribution in [0, 0.1) is 83.1 Å². The maximum atomic E-state index is 2.53. The summed E-state index contributed by atoms with van der Waals surface area (Å²) in [6, 6.07) is 70.3. The molecule has 0 unspecified atom stereocenters. The molecule has 408 valence electrons. The highest BCUT2D eigenvalue weighted by atomic mass is 32.1. The zero-order chi connectivity index (χ0) is 57.3. The number of nitrogens with zero attached hydrogens (tertiary/aromatic N) is 2. The molecule has 12 aromatic rings. The van der Waals surface area contributed by atoms with Crippen LogP contribution in [0.3, 0.4) is 0 Å². The van der Waals surface area contributed by atoms with Gasteiger partial charge in [-0.3, -0.25) is 0 Å². The Hall–Kier alpha value is -7.84. The van der Waals surface area contributed by atoms with Gasteiger partial charge in [0.1, 0.15) is 0 Å². The molecule has 83 heavy (non-hydrogen) atoms. The molecule has 4 heterocycles. The minimum absolute atomic E-state index is 0.611. The minimum atomic E-state index is -0.611. The van der Waals surface area contributed by atoms with Crippen LogP contribution >= 0.6 is 45.3 Å². The molecule has 0 saturated heterocycles. The van der Waals surface area contributed by atoms with Gasteiger partial charge in [0.25, 0.3) is 0 Å². The van der Waals surface area contributed by atoms with Crippen molar-refractivity contribution >= 4 is 79.5 Å². The van der Waals surface area contributed by atoms with Gasteiger partial charge >= 0.3 is 0 Å². The van der Waals surface area contributed by atoms with Gasteiger partial charge < -0.3 is 9.80 Å². The zero-order valence-corrected chi connectivity index (χ0v) is 52.6. The van der Waals surface area contributed by atoms with Gasteiger partial charge in [0.05, 0.1) is 5.41 Å². The number of hydrogen-bond donors (Lipinski definition) is 0. The summed E-state index contributed by atoms with van der Waals surface area (Å²) in [6.45, 7) is 27.0. The largest absolute Gasteiger partial charge is 0.310 e. The first-order valence-corrected chi connectivity index (χ1v) is 32.2. The summed E-state index contributed by atoms with van der Waals surface area (Å²) in [4.78, 5) is 15.9. The Morgan fingerprint density at radius 2 is 0.482 bits per heavy atom. The Bertz CT molecular complexity index is 4070. The van der Waals surface area contributed by atoms with E-state index in [9.17, 15) is 0 Å². The smallest absolute Gasteiger partial charge is 0.0727 e. The quantitative estimate of drug-likeness (QED) is 0.135. The fourth-order valence-corrected chi connectivity index (χ4v) is 18.1. The first kappa shape index (κ1) is 53.2. The molecule has 2 aliphatic rings. The third-order valence-electron chi connectivity index (χ3n) is 18.9. The molecule has 0 radical (unpaired) electrons. The van der Waals surface area contributed by atoms with Gasteiger partial charge in [0.15, 0.2) is 0 Å². The molecule has 0 N–H and O–H groups in total. The molecule has 0 amide bonds. The normalized spacial score (nSPS) is 12.7. The summed E-state index contributed by atoms with van der Waals surface area (Å²) in [7, 11) is 0. The van der Waals surface area contributed by atoms with Gasteiger partial charge in [0.2, 0.25) is 0 Å². The van der Waals surface area contributed by atoms with Gasteiger partial charge in [-0.05, 0) is 267 Å². The third kappa shape index (κ3) is 8.26.